The van der Waals surface area contributed by atoms with Crippen LogP contribution in [0.3, 0.4) is 0 Å². The lowest BCUT2D eigenvalue weighted by molar-refractivity contribution is 0.231. The summed E-state index contributed by atoms with van der Waals surface area (Å²) < 4.78 is 5.64. The second kappa shape index (κ2) is 8.92. The van der Waals surface area contributed by atoms with Gasteiger partial charge in [0.25, 0.3) is 0 Å². The van der Waals surface area contributed by atoms with E-state index in [9.17, 15) is 0 Å². The molecule has 3 N–H and O–H groups in total. The number of likely N-dealkylation sites (tertiary alicyclic amines) is 1. The summed E-state index contributed by atoms with van der Waals surface area (Å²) in [5.74, 6) is 2.03. The lowest BCUT2D eigenvalue weighted by Gasteiger charge is -2.24. The summed E-state index contributed by atoms with van der Waals surface area (Å²) in [5, 5.41) is 3.16. The van der Waals surface area contributed by atoms with Gasteiger partial charge in [0.2, 0.25) is 0 Å². The first kappa shape index (κ1) is 18.6. The number of rotatable bonds is 7. The quantitative estimate of drug-likeness (QED) is 0.594. The van der Waals surface area contributed by atoms with Crippen LogP contribution in [0, 0.1) is 5.92 Å². The highest BCUT2D eigenvalue weighted by Crippen LogP contribution is 2.19. The first-order chi connectivity index (χ1) is 11.4. The smallest absolute Gasteiger partial charge is 0.193 e. The number of nitrogens with one attached hydrogen (secondary N) is 1. The van der Waals surface area contributed by atoms with Crippen LogP contribution in [0.4, 0.5) is 5.69 Å². The first-order valence-electron chi connectivity index (χ1n) is 9.01. The summed E-state index contributed by atoms with van der Waals surface area (Å²) in [5.41, 5.74) is 6.97. The Morgan fingerprint density at radius 2 is 2.00 bits per heavy atom. The predicted octanol–water partition coefficient (Wildman–Crippen LogP) is 3.32. The molecule has 134 valence electrons. The molecule has 24 heavy (non-hydrogen) atoms. The molecule has 5 heteroatoms. The minimum Gasteiger partial charge on any atom is -0.491 e. The van der Waals surface area contributed by atoms with Crippen LogP contribution in [-0.4, -0.2) is 42.6 Å². The molecule has 1 saturated heterocycles. The third kappa shape index (κ3) is 6.04. The summed E-state index contributed by atoms with van der Waals surface area (Å²) in [4.78, 5) is 7.08. The van der Waals surface area contributed by atoms with Crippen molar-refractivity contribution in [1.29, 1.82) is 0 Å². The van der Waals surface area contributed by atoms with Gasteiger partial charge < -0.3 is 15.8 Å². The van der Waals surface area contributed by atoms with Gasteiger partial charge in [0.15, 0.2) is 5.96 Å². The Labute approximate surface area is 146 Å². The number of ether oxygens (including phenoxy) is 1. The standard InChI is InChI=1S/C19H32N4O/c1-14(2)13-23-11-5-6-17(23)12-21-19(20)22-16-7-9-18(10-8-16)24-15(3)4/h7-10,14-15,17H,5-6,11-13H2,1-4H3,(H3,20,21,22)/t17-/m0/s1. The zero-order valence-corrected chi connectivity index (χ0v) is 15.5. The summed E-state index contributed by atoms with van der Waals surface area (Å²) in [6.45, 7) is 11.7. The largest absolute Gasteiger partial charge is 0.491 e. The number of hydrogen-bond donors (Lipinski definition) is 2. The van der Waals surface area contributed by atoms with Gasteiger partial charge in [-0.1, -0.05) is 13.8 Å². The molecule has 2 rings (SSSR count). The van der Waals surface area contributed by atoms with E-state index in [1.54, 1.807) is 0 Å². The number of benzene rings is 1. The molecule has 0 radical (unpaired) electrons. The van der Waals surface area contributed by atoms with Crippen LogP contribution < -0.4 is 15.8 Å². The van der Waals surface area contributed by atoms with Gasteiger partial charge in [0, 0.05) is 18.3 Å². The number of nitrogens with zero attached hydrogens (tertiary/aromatic N) is 2. The Kier molecular flexibility index (Phi) is 6.91. The third-order valence-electron chi connectivity index (χ3n) is 4.07. The molecule has 0 amide bonds. The fraction of sp³-hybridized carbons (Fsp3) is 0.632. The molecule has 0 bridgehead atoms. The van der Waals surface area contributed by atoms with Crippen LogP contribution in [-0.2, 0) is 0 Å². The highest BCUT2D eigenvalue weighted by atomic mass is 16.5. The van der Waals surface area contributed by atoms with Gasteiger partial charge in [-0.05, 0) is 63.4 Å². The van der Waals surface area contributed by atoms with E-state index in [0.29, 0.717) is 17.9 Å². The second-order valence-corrected chi connectivity index (χ2v) is 7.23. The lowest BCUT2D eigenvalue weighted by Crippen LogP contribution is -2.35. The van der Waals surface area contributed by atoms with Crippen molar-refractivity contribution in [3.63, 3.8) is 0 Å². The molecule has 0 unspecified atom stereocenters. The van der Waals surface area contributed by atoms with Gasteiger partial charge >= 0.3 is 0 Å². The zero-order valence-electron chi connectivity index (χ0n) is 15.5. The Morgan fingerprint density at radius 3 is 2.62 bits per heavy atom. The maximum Gasteiger partial charge on any atom is 0.193 e. The zero-order chi connectivity index (χ0) is 17.5. The molecule has 1 atom stereocenters. The number of guanidine groups is 1. The number of aliphatic imine (C=N–C) groups is 1. The normalized spacial score (nSPS) is 19.2. The van der Waals surface area contributed by atoms with Gasteiger partial charge in [-0.25, -0.2) is 0 Å². The molecule has 0 saturated carbocycles. The average Bonchev–Trinajstić information content (AvgIpc) is 2.93. The van der Waals surface area contributed by atoms with Gasteiger partial charge in [-0.3, -0.25) is 9.89 Å². The van der Waals surface area contributed by atoms with Gasteiger partial charge in [0.05, 0.1) is 12.6 Å². The minimum atomic E-state index is 0.177. The summed E-state index contributed by atoms with van der Waals surface area (Å²) in [7, 11) is 0. The molecule has 0 aromatic heterocycles. The molecule has 1 fully saturated rings. The molecule has 1 aliphatic rings. The number of hydrogen-bond acceptors (Lipinski definition) is 3. The molecular formula is C19H32N4O. The minimum absolute atomic E-state index is 0.177. The topological polar surface area (TPSA) is 62.9 Å². The highest BCUT2D eigenvalue weighted by molar-refractivity contribution is 5.92. The molecular weight excluding hydrogens is 300 g/mol. The SMILES string of the molecule is CC(C)CN1CCC[C@H]1CN=C(N)Nc1ccc(OC(C)C)cc1. The highest BCUT2D eigenvalue weighted by Gasteiger charge is 2.24. The van der Waals surface area contributed by atoms with Crippen molar-refractivity contribution < 1.29 is 4.74 Å². The van der Waals surface area contributed by atoms with Crippen LogP contribution >= 0.6 is 0 Å². The van der Waals surface area contributed by atoms with E-state index in [0.717, 1.165) is 24.5 Å². The van der Waals surface area contributed by atoms with E-state index in [1.807, 2.05) is 38.1 Å². The van der Waals surface area contributed by atoms with E-state index in [-0.39, 0.29) is 6.10 Å². The van der Waals surface area contributed by atoms with Gasteiger partial charge in [-0.15, -0.1) is 0 Å². The van der Waals surface area contributed by atoms with E-state index in [4.69, 9.17) is 10.5 Å². The third-order valence-corrected chi connectivity index (χ3v) is 4.07. The van der Waals surface area contributed by atoms with Gasteiger partial charge in [-0.2, -0.15) is 0 Å². The first-order valence-corrected chi connectivity index (χ1v) is 9.01. The Morgan fingerprint density at radius 1 is 1.29 bits per heavy atom. The van der Waals surface area contributed by atoms with Crippen molar-refractivity contribution in [2.45, 2.75) is 52.7 Å². The monoisotopic (exact) mass is 332 g/mol. The predicted molar refractivity (Wildman–Crippen MR) is 102 cm³/mol. The molecule has 1 aromatic carbocycles. The fourth-order valence-electron chi connectivity index (χ4n) is 3.09. The molecule has 1 heterocycles. The summed E-state index contributed by atoms with van der Waals surface area (Å²) in [6.07, 6.45) is 2.65. The molecule has 0 spiro atoms. The average molecular weight is 332 g/mol. The number of anilines is 1. The molecule has 0 aliphatic carbocycles. The van der Waals surface area contributed by atoms with E-state index >= 15 is 0 Å². The Balaban J connectivity index is 1.85. The molecule has 1 aliphatic heterocycles. The summed E-state index contributed by atoms with van der Waals surface area (Å²) in [6, 6.07) is 8.32. The fourth-order valence-corrected chi connectivity index (χ4v) is 3.09. The maximum absolute atomic E-state index is 6.04. The van der Waals surface area contributed by atoms with E-state index in [2.05, 4.69) is 29.1 Å². The Bertz CT molecular complexity index is 525. The second-order valence-electron chi connectivity index (χ2n) is 7.23. The summed E-state index contributed by atoms with van der Waals surface area (Å²) >= 11 is 0. The van der Waals surface area contributed by atoms with Crippen molar-refractivity contribution in [3.8, 4) is 5.75 Å². The van der Waals surface area contributed by atoms with Crippen molar-refractivity contribution >= 4 is 11.6 Å². The van der Waals surface area contributed by atoms with Crippen molar-refractivity contribution in [1.82, 2.24) is 4.90 Å². The van der Waals surface area contributed by atoms with Crippen LogP contribution in [0.25, 0.3) is 0 Å². The van der Waals surface area contributed by atoms with E-state index in [1.165, 1.54) is 19.4 Å². The van der Waals surface area contributed by atoms with Gasteiger partial charge in [0.1, 0.15) is 5.75 Å². The molecule has 1 aromatic rings. The maximum atomic E-state index is 6.04. The number of nitrogens with two attached hydrogens (primary N) is 1. The van der Waals surface area contributed by atoms with Crippen LogP contribution in [0.2, 0.25) is 0 Å². The Hall–Kier alpha value is -1.75. The molecule has 5 nitrogen and oxygen atoms in total. The lowest BCUT2D eigenvalue weighted by atomic mass is 10.2. The van der Waals surface area contributed by atoms with Crippen LogP contribution in [0.1, 0.15) is 40.5 Å². The van der Waals surface area contributed by atoms with Crippen molar-refractivity contribution in [2.24, 2.45) is 16.6 Å². The van der Waals surface area contributed by atoms with Crippen LogP contribution in [0.5, 0.6) is 5.75 Å². The van der Waals surface area contributed by atoms with Crippen molar-refractivity contribution in [2.75, 3.05) is 25.0 Å². The van der Waals surface area contributed by atoms with Crippen LogP contribution in [0.15, 0.2) is 29.3 Å². The van der Waals surface area contributed by atoms with E-state index < -0.39 is 0 Å². The van der Waals surface area contributed by atoms with Crippen molar-refractivity contribution in [3.05, 3.63) is 24.3 Å².